The van der Waals surface area contributed by atoms with E-state index in [2.05, 4.69) is 29.1 Å². The molecule has 2 aliphatic rings. The predicted octanol–water partition coefficient (Wildman–Crippen LogP) is 4.99. The van der Waals surface area contributed by atoms with E-state index in [4.69, 9.17) is 26.1 Å². The molecule has 0 bridgehead atoms. The van der Waals surface area contributed by atoms with Crippen LogP contribution >= 0.6 is 11.6 Å². The second kappa shape index (κ2) is 11.9. The Bertz CT molecular complexity index is 1810. The normalized spacial score (nSPS) is 17.8. The summed E-state index contributed by atoms with van der Waals surface area (Å²) < 4.78 is 33.2. The minimum absolute atomic E-state index is 0.0423. The molecule has 0 radical (unpaired) electrons. The van der Waals surface area contributed by atoms with Crippen molar-refractivity contribution >= 4 is 22.6 Å². The van der Waals surface area contributed by atoms with E-state index in [0.29, 0.717) is 35.3 Å². The third-order valence-corrected chi connectivity index (χ3v) is 8.31. The number of hydrogen-bond donors (Lipinski definition) is 1. The molecule has 2 fully saturated rings. The summed E-state index contributed by atoms with van der Waals surface area (Å²) in [6, 6.07) is 16.2. The number of aromatic amines is 1. The minimum atomic E-state index is -0.590. The highest BCUT2D eigenvalue weighted by Crippen LogP contribution is 2.27. The number of piperidine rings is 1. The van der Waals surface area contributed by atoms with Crippen LogP contribution in [0.15, 0.2) is 63.9 Å². The van der Waals surface area contributed by atoms with Crippen molar-refractivity contribution in [3.63, 3.8) is 0 Å². The first-order valence-electron chi connectivity index (χ1n) is 14.4. The van der Waals surface area contributed by atoms with Crippen LogP contribution in [0.3, 0.4) is 0 Å². The van der Waals surface area contributed by atoms with Crippen molar-refractivity contribution in [2.24, 2.45) is 0 Å². The van der Waals surface area contributed by atoms with Gasteiger partial charge in [0.25, 0.3) is 0 Å². The van der Waals surface area contributed by atoms with Crippen LogP contribution in [0, 0.1) is 5.82 Å². The summed E-state index contributed by atoms with van der Waals surface area (Å²) in [5.41, 5.74) is 3.87. The number of benzene rings is 2. The Hall–Kier alpha value is -4.06. The molecule has 3 aromatic heterocycles. The molecule has 1 atom stereocenters. The molecule has 12 heteroatoms. The molecule has 0 amide bonds. The number of ether oxygens (including phenoxy) is 2. The Morgan fingerprint density at radius 3 is 2.67 bits per heavy atom. The van der Waals surface area contributed by atoms with Gasteiger partial charge in [-0.3, -0.25) is 14.4 Å². The number of halogens is 2. The molecule has 10 nitrogen and oxygen atoms in total. The maximum Gasteiger partial charge on any atom is 0.439 e. The summed E-state index contributed by atoms with van der Waals surface area (Å²) in [4.78, 5) is 26.1. The highest BCUT2D eigenvalue weighted by molar-refractivity contribution is 6.30. The number of nitrogens with zero attached hydrogens (tertiary/aromatic N) is 5. The Balaban J connectivity index is 1.01. The van der Waals surface area contributed by atoms with E-state index < -0.39 is 5.76 Å². The number of nitrogens with one attached hydrogen (secondary N) is 1. The van der Waals surface area contributed by atoms with Gasteiger partial charge in [0.15, 0.2) is 5.82 Å². The van der Waals surface area contributed by atoms with E-state index in [1.807, 2.05) is 36.4 Å². The maximum atomic E-state index is 14.3. The zero-order valence-corrected chi connectivity index (χ0v) is 24.1. The third kappa shape index (κ3) is 6.20. The van der Waals surface area contributed by atoms with Crippen molar-refractivity contribution in [2.75, 3.05) is 19.7 Å². The lowest BCUT2D eigenvalue weighted by molar-refractivity contribution is -0.0592. The third-order valence-electron chi connectivity index (χ3n) is 8.08. The molecule has 0 unspecified atom stereocenters. The summed E-state index contributed by atoms with van der Waals surface area (Å²) in [6.07, 6.45) is 3.33. The Kier molecular flexibility index (Phi) is 7.69. The summed E-state index contributed by atoms with van der Waals surface area (Å²) in [5.74, 6) is 0.974. The summed E-state index contributed by atoms with van der Waals surface area (Å²) >= 11 is 5.89. The minimum Gasteiger partial charge on any atom is -0.474 e. The van der Waals surface area contributed by atoms with Crippen LogP contribution in [0.5, 0.6) is 5.88 Å². The monoisotopic (exact) mass is 604 g/mol. The molecular weight excluding hydrogens is 575 g/mol. The molecule has 43 heavy (non-hydrogen) atoms. The zero-order valence-electron chi connectivity index (χ0n) is 23.3. The number of fused-ring (bicyclic) bond motifs is 1. The van der Waals surface area contributed by atoms with Gasteiger partial charge in [-0.15, -0.1) is 0 Å². The first-order valence-corrected chi connectivity index (χ1v) is 14.8. The van der Waals surface area contributed by atoms with Crippen molar-refractivity contribution < 1.29 is 18.4 Å². The van der Waals surface area contributed by atoms with Crippen LogP contribution < -0.4 is 10.5 Å². The predicted molar refractivity (Wildman–Crippen MR) is 158 cm³/mol. The lowest BCUT2D eigenvalue weighted by Gasteiger charge is -2.32. The number of H-pyrrole nitrogens is 1. The molecule has 2 aliphatic heterocycles. The number of pyridine rings is 1. The van der Waals surface area contributed by atoms with Gasteiger partial charge in [-0.05, 0) is 61.2 Å². The van der Waals surface area contributed by atoms with Crippen molar-refractivity contribution in [1.82, 2.24) is 29.6 Å². The topological polar surface area (TPSA) is 111 Å². The van der Waals surface area contributed by atoms with Gasteiger partial charge >= 0.3 is 5.76 Å². The molecule has 7 rings (SSSR count). The van der Waals surface area contributed by atoms with Gasteiger partial charge < -0.3 is 14.0 Å². The Morgan fingerprint density at radius 1 is 1.07 bits per heavy atom. The molecule has 5 aromatic rings. The summed E-state index contributed by atoms with van der Waals surface area (Å²) in [6.45, 7) is 3.95. The van der Waals surface area contributed by atoms with Crippen LogP contribution in [0.1, 0.15) is 36.3 Å². The number of rotatable bonds is 9. The maximum absolute atomic E-state index is 14.3. The second-order valence-electron chi connectivity index (χ2n) is 11.0. The molecule has 2 saturated heterocycles. The molecule has 0 aliphatic carbocycles. The SMILES string of the molecule is O=c1[nH]c(-c2ccc3c(c2)nc(CN2CCC(Oc4cccc(Cc5ccc(Cl)cc5F)n4)CC2)n3C[C@@H]2CCO2)no1. The molecule has 1 N–H and O–H groups in total. The van der Waals surface area contributed by atoms with Gasteiger partial charge in [0.2, 0.25) is 5.88 Å². The number of aromatic nitrogens is 5. The van der Waals surface area contributed by atoms with E-state index in [1.165, 1.54) is 6.07 Å². The van der Waals surface area contributed by atoms with Crippen molar-refractivity contribution in [1.29, 1.82) is 0 Å². The molecule has 5 heterocycles. The van der Waals surface area contributed by atoms with Crippen molar-refractivity contribution in [2.45, 2.75) is 51.0 Å². The molecule has 2 aromatic carbocycles. The lowest BCUT2D eigenvalue weighted by Crippen LogP contribution is -2.39. The fourth-order valence-corrected chi connectivity index (χ4v) is 5.83. The van der Waals surface area contributed by atoms with Crippen LogP contribution in [0.25, 0.3) is 22.4 Å². The molecular formula is C31H30ClFN6O4. The lowest BCUT2D eigenvalue weighted by atomic mass is 10.1. The number of imidazole rings is 1. The van der Waals surface area contributed by atoms with Gasteiger partial charge in [-0.1, -0.05) is 28.9 Å². The fourth-order valence-electron chi connectivity index (χ4n) is 5.68. The van der Waals surface area contributed by atoms with E-state index in [0.717, 1.165) is 73.6 Å². The molecule has 0 saturated carbocycles. The van der Waals surface area contributed by atoms with Crippen LogP contribution in [0.4, 0.5) is 4.39 Å². The van der Waals surface area contributed by atoms with E-state index in [1.54, 1.807) is 12.1 Å². The second-order valence-corrected chi connectivity index (χ2v) is 11.5. The standard InChI is InChI=1S/C31H30ClFN6O4/c32-21-6-4-19(25(33)16-21)14-22-2-1-3-29(34-22)42-23-8-11-38(12-9-23)18-28-35-26-15-20(30-36-31(40)43-37-30)5-7-27(26)39(28)17-24-10-13-41-24/h1-7,15-16,23-24H,8-14,17-18H2,(H,36,37,40)/t24-/m0/s1. The van der Waals surface area contributed by atoms with Crippen LogP contribution in [0.2, 0.25) is 5.02 Å². The zero-order chi connectivity index (χ0) is 29.3. The summed E-state index contributed by atoms with van der Waals surface area (Å²) in [7, 11) is 0. The largest absolute Gasteiger partial charge is 0.474 e. The van der Waals surface area contributed by atoms with E-state index in [-0.39, 0.29) is 18.0 Å². The van der Waals surface area contributed by atoms with Crippen molar-refractivity contribution in [3.8, 4) is 17.3 Å². The van der Waals surface area contributed by atoms with Crippen LogP contribution in [-0.4, -0.2) is 61.5 Å². The Morgan fingerprint density at radius 2 is 1.93 bits per heavy atom. The smallest absolute Gasteiger partial charge is 0.439 e. The van der Waals surface area contributed by atoms with E-state index in [9.17, 15) is 9.18 Å². The van der Waals surface area contributed by atoms with Gasteiger partial charge in [0.1, 0.15) is 17.7 Å². The average molecular weight is 605 g/mol. The fraction of sp³-hybridized carbons (Fsp3) is 0.355. The average Bonchev–Trinajstić information content (AvgIpc) is 3.56. The first kappa shape index (κ1) is 27.8. The van der Waals surface area contributed by atoms with E-state index >= 15 is 0 Å². The van der Waals surface area contributed by atoms with Gasteiger partial charge in [0.05, 0.1) is 30.2 Å². The number of likely N-dealkylation sites (tertiary alicyclic amines) is 1. The van der Waals surface area contributed by atoms with Gasteiger partial charge in [-0.2, -0.15) is 0 Å². The first-order chi connectivity index (χ1) is 21.0. The van der Waals surface area contributed by atoms with Crippen LogP contribution in [-0.2, 0) is 24.2 Å². The Labute approximate surface area is 251 Å². The summed E-state index contributed by atoms with van der Waals surface area (Å²) in [5, 5.41) is 4.18. The van der Waals surface area contributed by atoms with Gasteiger partial charge in [-0.25, -0.2) is 19.2 Å². The highest BCUT2D eigenvalue weighted by Gasteiger charge is 2.26. The quantitative estimate of drug-likeness (QED) is 0.250. The molecule has 222 valence electrons. The number of hydrogen-bond acceptors (Lipinski definition) is 8. The van der Waals surface area contributed by atoms with Gasteiger partial charge in [0, 0.05) is 48.5 Å². The van der Waals surface area contributed by atoms with Crippen molar-refractivity contribution in [3.05, 3.63) is 93.1 Å². The highest BCUT2D eigenvalue weighted by atomic mass is 35.5. The molecule has 0 spiro atoms.